The van der Waals surface area contributed by atoms with Gasteiger partial charge in [-0.3, -0.25) is 4.18 Å². The number of rotatable bonds is 4. The molecule has 1 saturated heterocycles. The summed E-state index contributed by atoms with van der Waals surface area (Å²) in [6.07, 6.45) is -7.98. The van der Waals surface area contributed by atoms with Gasteiger partial charge in [-0.05, 0) is 19.1 Å². The summed E-state index contributed by atoms with van der Waals surface area (Å²) in [5.74, 6) is 0. The molecule has 124 valence electrons. The van der Waals surface area contributed by atoms with Crippen molar-refractivity contribution in [3.63, 3.8) is 0 Å². The maximum Gasteiger partial charge on any atom is 0.297 e. The Morgan fingerprint density at radius 1 is 1.05 bits per heavy atom. The fourth-order valence-electron chi connectivity index (χ4n) is 2.00. The molecule has 0 aliphatic carbocycles. The Hall–Kier alpha value is -1.07. The lowest BCUT2D eigenvalue weighted by atomic mass is 10.00. The maximum atomic E-state index is 12.0. The third-order valence-corrected chi connectivity index (χ3v) is 4.68. The van der Waals surface area contributed by atoms with Crippen molar-refractivity contribution in [3.8, 4) is 0 Å². The van der Waals surface area contributed by atoms with Gasteiger partial charge in [0.2, 0.25) is 0 Å². The number of ether oxygens (including phenoxy) is 1. The summed E-state index contributed by atoms with van der Waals surface area (Å²) in [6.45, 7) is 1.19. The first-order chi connectivity index (χ1) is 10.2. The van der Waals surface area contributed by atoms with Gasteiger partial charge in [-0.2, -0.15) is 8.42 Å². The third kappa shape index (κ3) is 3.63. The fraction of sp³-hybridized carbons (Fsp3) is 0.538. The Morgan fingerprint density at radius 3 is 2.23 bits per heavy atom. The van der Waals surface area contributed by atoms with Crippen LogP contribution in [0.1, 0.15) is 5.56 Å². The molecule has 0 radical (unpaired) electrons. The molecule has 4 N–H and O–H groups in total. The van der Waals surface area contributed by atoms with Crippen LogP contribution in [0.25, 0.3) is 0 Å². The number of aryl methyl sites for hydroxylation is 1. The van der Waals surface area contributed by atoms with Gasteiger partial charge in [0.15, 0.2) is 6.29 Å². The molecule has 1 aromatic rings. The number of aliphatic hydroxyl groups excluding tert-OH is 4. The van der Waals surface area contributed by atoms with E-state index in [-0.39, 0.29) is 4.90 Å². The normalized spacial score (nSPS) is 32.9. The van der Waals surface area contributed by atoms with Gasteiger partial charge < -0.3 is 25.2 Å². The minimum atomic E-state index is -4.07. The summed E-state index contributed by atoms with van der Waals surface area (Å²) in [5, 5.41) is 37.9. The zero-order valence-corrected chi connectivity index (χ0v) is 12.5. The second-order valence-electron chi connectivity index (χ2n) is 5.09. The van der Waals surface area contributed by atoms with Crippen molar-refractivity contribution in [2.45, 2.75) is 42.5 Å². The Kier molecular flexibility index (Phi) is 5.17. The first kappa shape index (κ1) is 17.3. The van der Waals surface area contributed by atoms with Crippen LogP contribution in [0.4, 0.5) is 0 Å². The minimum absolute atomic E-state index is 0.0652. The van der Waals surface area contributed by atoms with Gasteiger partial charge in [0.05, 0.1) is 11.5 Å². The van der Waals surface area contributed by atoms with Crippen LogP contribution in [-0.4, -0.2) is 66.2 Å². The van der Waals surface area contributed by atoms with Crippen molar-refractivity contribution < 1.29 is 37.8 Å². The first-order valence-electron chi connectivity index (χ1n) is 6.56. The van der Waals surface area contributed by atoms with E-state index in [1.807, 2.05) is 0 Å². The van der Waals surface area contributed by atoms with E-state index >= 15 is 0 Å². The predicted molar refractivity (Wildman–Crippen MR) is 73.2 cm³/mol. The second kappa shape index (κ2) is 6.59. The summed E-state index contributed by atoms with van der Waals surface area (Å²) < 4.78 is 33.6. The van der Waals surface area contributed by atoms with Crippen LogP contribution in [0.3, 0.4) is 0 Å². The number of hydrogen-bond donors (Lipinski definition) is 4. The Labute approximate surface area is 127 Å². The molecule has 0 unspecified atom stereocenters. The largest absolute Gasteiger partial charge is 0.387 e. The van der Waals surface area contributed by atoms with Crippen LogP contribution in [0.5, 0.6) is 0 Å². The molecule has 9 heteroatoms. The molecule has 1 heterocycles. The van der Waals surface area contributed by atoms with Gasteiger partial charge in [0.25, 0.3) is 10.1 Å². The van der Waals surface area contributed by atoms with Crippen molar-refractivity contribution in [2.75, 3.05) is 6.61 Å². The fourth-order valence-corrected chi connectivity index (χ4v) is 2.92. The van der Waals surface area contributed by atoms with Crippen LogP contribution in [0.15, 0.2) is 29.2 Å². The topological polar surface area (TPSA) is 134 Å². The highest BCUT2D eigenvalue weighted by molar-refractivity contribution is 7.86. The Balaban J connectivity index is 2.04. The average Bonchev–Trinajstić information content (AvgIpc) is 2.48. The van der Waals surface area contributed by atoms with E-state index in [4.69, 9.17) is 8.92 Å². The molecular weight excluding hydrogens is 316 g/mol. The van der Waals surface area contributed by atoms with Crippen LogP contribution >= 0.6 is 0 Å². The molecule has 0 aromatic heterocycles. The molecule has 1 fully saturated rings. The minimum Gasteiger partial charge on any atom is -0.387 e. The van der Waals surface area contributed by atoms with Crippen molar-refractivity contribution >= 4 is 10.1 Å². The monoisotopic (exact) mass is 334 g/mol. The molecule has 1 aromatic carbocycles. The Bertz CT molecular complexity index is 599. The van der Waals surface area contributed by atoms with E-state index < -0.39 is 47.4 Å². The van der Waals surface area contributed by atoms with Crippen molar-refractivity contribution in [3.05, 3.63) is 29.8 Å². The van der Waals surface area contributed by atoms with Gasteiger partial charge in [0, 0.05) is 0 Å². The van der Waals surface area contributed by atoms with Gasteiger partial charge in [-0.25, -0.2) is 0 Å². The highest BCUT2D eigenvalue weighted by Crippen LogP contribution is 2.21. The van der Waals surface area contributed by atoms with Crippen LogP contribution in [0, 0.1) is 6.92 Å². The standard InChI is InChI=1S/C13H18O8S/c1-7-2-4-8(5-3-7)22(18,19)20-6-9-10(14)11(15)12(16)13(17)21-9/h2-5,9-17H,6H2,1H3/t9-,10-,11+,12-,13+/m0/s1. The molecule has 0 saturated carbocycles. The lowest BCUT2D eigenvalue weighted by Gasteiger charge is -2.37. The third-order valence-electron chi connectivity index (χ3n) is 3.38. The van der Waals surface area contributed by atoms with E-state index in [9.17, 15) is 28.8 Å². The number of hydrogen-bond acceptors (Lipinski definition) is 8. The Morgan fingerprint density at radius 2 is 1.64 bits per heavy atom. The summed E-state index contributed by atoms with van der Waals surface area (Å²) >= 11 is 0. The predicted octanol–water partition coefficient (Wildman–Crippen LogP) is -1.50. The van der Waals surface area contributed by atoms with E-state index in [0.717, 1.165) is 5.56 Å². The summed E-state index contributed by atoms with van der Waals surface area (Å²) in [5.41, 5.74) is 0.880. The quantitative estimate of drug-likeness (QED) is 0.489. The van der Waals surface area contributed by atoms with Gasteiger partial charge in [-0.15, -0.1) is 0 Å². The molecule has 5 atom stereocenters. The highest BCUT2D eigenvalue weighted by Gasteiger charge is 2.43. The number of benzene rings is 1. The van der Waals surface area contributed by atoms with Gasteiger partial charge in [-0.1, -0.05) is 17.7 Å². The van der Waals surface area contributed by atoms with Crippen molar-refractivity contribution in [2.24, 2.45) is 0 Å². The molecule has 0 spiro atoms. The second-order valence-corrected chi connectivity index (χ2v) is 6.70. The van der Waals surface area contributed by atoms with Crippen molar-refractivity contribution in [1.29, 1.82) is 0 Å². The molecule has 2 rings (SSSR count). The van der Waals surface area contributed by atoms with Crippen LogP contribution < -0.4 is 0 Å². The van der Waals surface area contributed by atoms with Crippen molar-refractivity contribution in [1.82, 2.24) is 0 Å². The molecule has 1 aliphatic rings. The maximum absolute atomic E-state index is 12.0. The van der Waals surface area contributed by atoms with Gasteiger partial charge in [0.1, 0.15) is 24.4 Å². The number of aliphatic hydroxyl groups is 4. The zero-order chi connectivity index (χ0) is 16.5. The van der Waals surface area contributed by atoms with Crippen LogP contribution in [0.2, 0.25) is 0 Å². The smallest absolute Gasteiger partial charge is 0.297 e. The molecule has 1 aliphatic heterocycles. The zero-order valence-electron chi connectivity index (χ0n) is 11.7. The highest BCUT2D eigenvalue weighted by atomic mass is 32.2. The molecule has 0 bridgehead atoms. The van der Waals surface area contributed by atoms with Crippen LogP contribution in [-0.2, 0) is 19.0 Å². The molecule has 8 nitrogen and oxygen atoms in total. The van der Waals surface area contributed by atoms with E-state index in [2.05, 4.69) is 0 Å². The summed E-state index contributed by atoms with van der Waals surface area (Å²) in [6, 6.07) is 5.95. The molecule has 0 amide bonds. The average molecular weight is 334 g/mol. The lowest BCUT2D eigenvalue weighted by molar-refractivity contribution is -0.285. The van der Waals surface area contributed by atoms with E-state index in [0.29, 0.717) is 0 Å². The lowest BCUT2D eigenvalue weighted by Crippen LogP contribution is -2.58. The molecular formula is C13H18O8S. The summed E-state index contributed by atoms with van der Waals surface area (Å²) in [4.78, 5) is -0.0652. The van der Waals surface area contributed by atoms with Gasteiger partial charge >= 0.3 is 0 Å². The SMILES string of the molecule is Cc1ccc(S(=O)(=O)OC[C@@H]2O[C@@H](O)[C@@H](O)[C@H](O)[C@H]2O)cc1. The molecule has 22 heavy (non-hydrogen) atoms. The van der Waals surface area contributed by atoms with E-state index in [1.165, 1.54) is 12.1 Å². The summed E-state index contributed by atoms with van der Waals surface area (Å²) in [7, 11) is -4.07. The first-order valence-corrected chi connectivity index (χ1v) is 7.97. The van der Waals surface area contributed by atoms with E-state index in [1.54, 1.807) is 19.1 Å².